The number of carbonyl (C=O) groups is 1. The summed E-state index contributed by atoms with van der Waals surface area (Å²) in [5, 5.41) is 11.7. The lowest BCUT2D eigenvalue weighted by molar-refractivity contribution is -0.122. The number of hydrogen-bond acceptors (Lipinski definition) is 5. The van der Waals surface area contributed by atoms with Crippen molar-refractivity contribution < 1.29 is 14.3 Å². The summed E-state index contributed by atoms with van der Waals surface area (Å²) < 4.78 is 13.7. The fraction of sp³-hybridized carbons (Fsp3) is 0.375. The van der Waals surface area contributed by atoms with Crippen LogP contribution in [0.1, 0.15) is 38.9 Å². The van der Waals surface area contributed by atoms with Gasteiger partial charge in [-0.05, 0) is 51.0 Å². The number of aromatic nitrogens is 3. The Morgan fingerprint density at radius 3 is 2.87 bits per heavy atom. The summed E-state index contributed by atoms with van der Waals surface area (Å²) in [7, 11) is 0. The van der Waals surface area contributed by atoms with Gasteiger partial charge in [0.1, 0.15) is 17.3 Å². The van der Waals surface area contributed by atoms with E-state index in [1.807, 2.05) is 55.5 Å². The molecule has 7 nitrogen and oxygen atoms in total. The van der Waals surface area contributed by atoms with Gasteiger partial charge in [-0.2, -0.15) is 0 Å². The summed E-state index contributed by atoms with van der Waals surface area (Å²) in [6.07, 6.45) is 3.78. The van der Waals surface area contributed by atoms with Crippen LogP contribution >= 0.6 is 0 Å². The lowest BCUT2D eigenvalue weighted by atomic mass is 10.2. The zero-order valence-corrected chi connectivity index (χ0v) is 18.0. The first kappa shape index (κ1) is 20.9. The molecule has 1 aliphatic rings. The van der Waals surface area contributed by atoms with Gasteiger partial charge in [-0.25, -0.2) is 0 Å². The van der Waals surface area contributed by atoms with Crippen LogP contribution < -0.4 is 14.8 Å². The van der Waals surface area contributed by atoms with Crippen LogP contribution in [-0.2, 0) is 17.8 Å². The fourth-order valence-electron chi connectivity index (χ4n) is 3.75. The standard InChI is InChI=1S/C24H28N4O3/c1-3-30-21-13-7-6-12-20(21)25-24(29)17(2)31-19-11-9-10-18(16-19)23-27-26-22-14-5-4-8-15-28(22)23/h6-7,9-13,16-17H,3-5,8,14-15H2,1-2H3,(H,25,29)/t17-/m1/s1. The van der Waals surface area contributed by atoms with Crippen LogP contribution in [0.2, 0.25) is 0 Å². The second kappa shape index (κ2) is 9.64. The fourth-order valence-corrected chi connectivity index (χ4v) is 3.75. The molecule has 0 aliphatic carbocycles. The van der Waals surface area contributed by atoms with Gasteiger partial charge in [0, 0.05) is 18.5 Å². The molecule has 3 aromatic rings. The van der Waals surface area contributed by atoms with E-state index in [1.54, 1.807) is 6.92 Å². The third kappa shape index (κ3) is 4.87. The first-order chi connectivity index (χ1) is 15.2. The molecule has 0 saturated carbocycles. The lowest BCUT2D eigenvalue weighted by Gasteiger charge is -2.17. The minimum Gasteiger partial charge on any atom is -0.492 e. The van der Waals surface area contributed by atoms with E-state index < -0.39 is 6.10 Å². The van der Waals surface area contributed by atoms with Crippen molar-refractivity contribution in [2.45, 2.75) is 52.2 Å². The highest BCUT2D eigenvalue weighted by molar-refractivity contribution is 5.95. The third-order valence-corrected chi connectivity index (χ3v) is 5.33. The normalized spacial score (nSPS) is 14.3. The summed E-state index contributed by atoms with van der Waals surface area (Å²) in [5.74, 6) is 2.91. The molecule has 0 bridgehead atoms. The van der Waals surface area contributed by atoms with Gasteiger partial charge in [0.25, 0.3) is 5.91 Å². The third-order valence-electron chi connectivity index (χ3n) is 5.33. The highest BCUT2D eigenvalue weighted by Gasteiger charge is 2.19. The topological polar surface area (TPSA) is 78.3 Å². The second-order valence-electron chi connectivity index (χ2n) is 7.61. The maximum atomic E-state index is 12.7. The minimum atomic E-state index is -0.680. The van der Waals surface area contributed by atoms with E-state index in [0.29, 0.717) is 23.8 Å². The van der Waals surface area contributed by atoms with Crippen LogP contribution in [0.25, 0.3) is 11.4 Å². The van der Waals surface area contributed by atoms with Crippen LogP contribution in [0.4, 0.5) is 5.69 Å². The number of ether oxygens (including phenoxy) is 2. The highest BCUT2D eigenvalue weighted by Crippen LogP contribution is 2.27. The summed E-state index contributed by atoms with van der Waals surface area (Å²) in [6.45, 7) is 5.10. The number of aryl methyl sites for hydroxylation is 1. The molecular weight excluding hydrogens is 392 g/mol. The number of hydrogen-bond donors (Lipinski definition) is 1. The molecule has 0 unspecified atom stereocenters. The van der Waals surface area contributed by atoms with E-state index in [1.165, 1.54) is 6.42 Å². The smallest absolute Gasteiger partial charge is 0.265 e. The van der Waals surface area contributed by atoms with Crippen molar-refractivity contribution in [3.8, 4) is 22.9 Å². The molecule has 4 rings (SSSR count). The Morgan fingerprint density at radius 2 is 2.00 bits per heavy atom. The highest BCUT2D eigenvalue weighted by atomic mass is 16.5. The summed E-state index contributed by atoms with van der Waals surface area (Å²) in [5.41, 5.74) is 1.57. The van der Waals surface area contributed by atoms with Crippen molar-refractivity contribution >= 4 is 11.6 Å². The molecule has 31 heavy (non-hydrogen) atoms. The van der Waals surface area contributed by atoms with Crippen molar-refractivity contribution in [3.63, 3.8) is 0 Å². The van der Waals surface area contributed by atoms with Gasteiger partial charge >= 0.3 is 0 Å². The van der Waals surface area contributed by atoms with Gasteiger partial charge in [0.05, 0.1) is 12.3 Å². The molecule has 0 radical (unpaired) electrons. The van der Waals surface area contributed by atoms with Crippen LogP contribution in [0, 0.1) is 0 Å². The zero-order valence-electron chi connectivity index (χ0n) is 18.0. The van der Waals surface area contributed by atoms with Crippen molar-refractivity contribution in [3.05, 3.63) is 54.4 Å². The maximum absolute atomic E-state index is 12.7. The SMILES string of the molecule is CCOc1ccccc1NC(=O)[C@@H](C)Oc1cccc(-c2nnc3n2CCCCC3)c1. The van der Waals surface area contributed by atoms with Gasteiger partial charge in [-0.1, -0.05) is 30.7 Å². The molecule has 1 N–H and O–H groups in total. The quantitative estimate of drug-likeness (QED) is 0.610. The van der Waals surface area contributed by atoms with Gasteiger partial charge in [-0.15, -0.1) is 10.2 Å². The van der Waals surface area contributed by atoms with E-state index in [4.69, 9.17) is 9.47 Å². The van der Waals surface area contributed by atoms with E-state index in [9.17, 15) is 4.79 Å². The molecule has 1 atom stereocenters. The van der Waals surface area contributed by atoms with E-state index in [-0.39, 0.29) is 5.91 Å². The molecule has 1 aliphatic heterocycles. The van der Waals surface area contributed by atoms with Crippen LogP contribution in [0.5, 0.6) is 11.5 Å². The molecule has 0 saturated heterocycles. The number of anilines is 1. The van der Waals surface area contributed by atoms with E-state index in [0.717, 1.165) is 43.0 Å². The van der Waals surface area contributed by atoms with E-state index >= 15 is 0 Å². The van der Waals surface area contributed by atoms with Crippen molar-refractivity contribution in [1.29, 1.82) is 0 Å². The Bertz CT molecular complexity index is 1050. The minimum absolute atomic E-state index is 0.242. The molecule has 0 spiro atoms. The predicted octanol–water partition coefficient (Wildman–Crippen LogP) is 4.48. The Morgan fingerprint density at radius 1 is 1.13 bits per heavy atom. The molecule has 162 valence electrons. The second-order valence-corrected chi connectivity index (χ2v) is 7.61. The van der Waals surface area contributed by atoms with E-state index in [2.05, 4.69) is 20.1 Å². The van der Waals surface area contributed by atoms with Gasteiger partial charge in [-0.3, -0.25) is 4.79 Å². The summed E-state index contributed by atoms with van der Waals surface area (Å²) in [4.78, 5) is 12.7. The van der Waals surface area contributed by atoms with Gasteiger partial charge in [0.15, 0.2) is 11.9 Å². The van der Waals surface area contributed by atoms with Gasteiger partial charge < -0.3 is 19.4 Å². The Kier molecular flexibility index (Phi) is 6.50. The molecule has 0 fully saturated rings. The Balaban J connectivity index is 1.47. The average molecular weight is 421 g/mol. The lowest BCUT2D eigenvalue weighted by Crippen LogP contribution is -2.30. The Labute approximate surface area is 182 Å². The summed E-state index contributed by atoms with van der Waals surface area (Å²) in [6, 6.07) is 15.0. The Hall–Kier alpha value is -3.35. The molecule has 1 aromatic heterocycles. The summed E-state index contributed by atoms with van der Waals surface area (Å²) >= 11 is 0. The van der Waals surface area contributed by atoms with Crippen LogP contribution in [0.15, 0.2) is 48.5 Å². The number of benzene rings is 2. The number of nitrogens with zero attached hydrogens (tertiary/aromatic N) is 3. The largest absolute Gasteiger partial charge is 0.492 e. The molecule has 2 heterocycles. The first-order valence-corrected chi connectivity index (χ1v) is 10.9. The zero-order chi connectivity index (χ0) is 21.6. The number of carbonyl (C=O) groups excluding carboxylic acids is 1. The number of rotatable bonds is 7. The number of fused-ring (bicyclic) bond motifs is 1. The molecular formula is C24H28N4O3. The van der Waals surface area contributed by atoms with Crippen molar-refractivity contribution in [2.75, 3.05) is 11.9 Å². The first-order valence-electron chi connectivity index (χ1n) is 10.9. The molecule has 1 amide bonds. The van der Waals surface area contributed by atoms with Gasteiger partial charge in [0.2, 0.25) is 0 Å². The van der Waals surface area contributed by atoms with Crippen LogP contribution in [0.3, 0.4) is 0 Å². The van der Waals surface area contributed by atoms with Crippen molar-refractivity contribution in [2.24, 2.45) is 0 Å². The number of amides is 1. The van der Waals surface area contributed by atoms with Crippen LogP contribution in [-0.4, -0.2) is 33.4 Å². The average Bonchev–Trinajstić information content (AvgIpc) is 3.03. The number of nitrogens with one attached hydrogen (secondary N) is 1. The van der Waals surface area contributed by atoms with Crippen molar-refractivity contribution in [1.82, 2.24) is 14.8 Å². The number of para-hydroxylation sites is 2. The monoisotopic (exact) mass is 420 g/mol. The predicted molar refractivity (Wildman–Crippen MR) is 119 cm³/mol. The molecule has 2 aromatic carbocycles. The molecule has 7 heteroatoms. The maximum Gasteiger partial charge on any atom is 0.265 e.